The van der Waals surface area contributed by atoms with Crippen LogP contribution in [0.25, 0.3) is 0 Å². The van der Waals surface area contributed by atoms with Crippen LogP contribution < -0.4 is 4.90 Å². The molecule has 3 rings (SSSR count). The second-order valence-corrected chi connectivity index (χ2v) is 10.6. The van der Waals surface area contributed by atoms with Gasteiger partial charge in [-0.2, -0.15) is 0 Å². The summed E-state index contributed by atoms with van der Waals surface area (Å²) in [6, 6.07) is 1.67. The molecule has 2 aliphatic rings. The lowest BCUT2D eigenvalue weighted by Gasteiger charge is -2.45. The fraction of sp³-hybridized carbons (Fsp3) is 0.808. The van der Waals surface area contributed by atoms with Gasteiger partial charge in [-0.3, -0.25) is 0 Å². The average molecular weight is 444 g/mol. The molecule has 0 spiro atoms. The van der Waals surface area contributed by atoms with Gasteiger partial charge in [0.1, 0.15) is 5.78 Å². The Morgan fingerprint density at radius 2 is 1.78 bits per heavy atom. The summed E-state index contributed by atoms with van der Waals surface area (Å²) in [4.78, 5) is 28.2. The fourth-order valence-electron chi connectivity index (χ4n) is 5.34. The SMILES string of the molecule is CCCC(CN(C)C(C)C)N(C)c1ncc(C2CCN(C3CC(CC(C)=O)C3)CC2)cn1. The predicted molar refractivity (Wildman–Crippen MR) is 132 cm³/mol. The fourth-order valence-corrected chi connectivity index (χ4v) is 5.34. The van der Waals surface area contributed by atoms with E-state index in [1.807, 2.05) is 0 Å². The first-order valence-electron chi connectivity index (χ1n) is 12.8. The van der Waals surface area contributed by atoms with Gasteiger partial charge in [0, 0.05) is 50.5 Å². The molecular formula is C26H45N5O. The van der Waals surface area contributed by atoms with Crippen LogP contribution in [0.2, 0.25) is 0 Å². The second kappa shape index (κ2) is 11.6. The summed E-state index contributed by atoms with van der Waals surface area (Å²) >= 11 is 0. The van der Waals surface area contributed by atoms with Crippen molar-refractivity contribution in [2.75, 3.05) is 38.6 Å². The number of Topliss-reactive ketones (excluding diaryl/α,β-unsaturated/α-hetero) is 1. The van der Waals surface area contributed by atoms with Crippen molar-refractivity contribution in [3.8, 4) is 0 Å². The smallest absolute Gasteiger partial charge is 0.225 e. The highest BCUT2D eigenvalue weighted by Gasteiger charge is 2.36. The molecule has 1 unspecified atom stereocenters. The molecule has 32 heavy (non-hydrogen) atoms. The molecular weight excluding hydrogens is 398 g/mol. The number of aromatic nitrogens is 2. The highest BCUT2D eigenvalue weighted by molar-refractivity contribution is 5.75. The Balaban J connectivity index is 1.50. The Bertz CT molecular complexity index is 707. The molecule has 6 heteroatoms. The number of anilines is 1. The zero-order chi connectivity index (χ0) is 23.3. The van der Waals surface area contributed by atoms with Gasteiger partial charge in [0.2, 0.25) is 5.95 Å². The summed E-state index contributed by atoms with van der Waals surface area (Å²) in [6.07, 6.45) is 12.0. The van der Waals surface area contributed by atoms with E-state index in [1.165, 1.54) is 31.2 Å². The van der Waals surface area contributed by atoms with Gasteiger partial charge >= 0.3 is 0 Å². The molecule has 1 atom stereocenters. The Morgan fingerprint density at radius 1 is 1.16 bits per heavy atom. The summed E-state index contributed by atoms with van der Waals surface area (Å²) in [5.41, 5.74) is 1.29. The second-order valence-electron chi connectivity index (χ2n) is 10.6. The van der Waals surface area contributed by atoms with Crippen LogP contribution in [0.4, 0.5) is 5.95 Å². The lowest BCUT2D eigenvalue weighted by molar-refractivity contribution is -0.119. The van der Waals surface area contributed by atoms with Gasteiger partial charge in [-0.05, 0) is 90.4 Å². The summed E-state index contributed by atoms with van der Waals surface area (Å²) in [5.74, 6) is 2.38. The lowest BCUT2D eigenvalue weighted by Crippen LogP contribution is -2.48. The third-order valence-electron chi connectivity index (χ3n) is 7.83. The highest BCUT2D eigenvalue weighted by Crippen LogP contribution is 2.37. The van der Waals surface area contributed by atoms with Crippen LogP contribution in [0, 0.1) is 5.92 Å². The number of likely N-dealkylation sites (tertiary alicyclic amines) is 1. The van der Waals surface area contributed by atoms with Crippen molar-refractivity contribution in [3.05, 3.63) is 18.0 Å². The van der Waals surface area contributed by atoms with Crippen LogP contribution >= 0.6 is 0 Å². The van der Waals surface area contributed by atoms with Gasteiger partial charge in [0.25, 0.3) is 0 Å². The van der Waals surface area contributed by atoms with Crippen molar-refractivity contribution in [1.82, 2.24) is 19.8 Å². The maximum absolute atomic E-state index is 11.3. The minimum Gasteiger partial charge on any atom is -0.340 e. The Labute approximate surface area is 195 Å². The summed E-state index contributed by atoms with van der Waals surface area (Å²) in [6.45, 7) is 11.8. The number of likely N-dealkylation sites (N-methyl/N-ethyl adjacent to an activating group) is 2. The van der Waals surface area contributed by atoms with Crippen LogP contribution in [-0.2, 0) is 4.79 Å². The Kier molecular flexibility index (Phi) is 9.06. The van der Waals surface area contributed by atoms with E-state index in [4.69, 9.17) is 9.97 Å². The summed E-state index contributed by atoms with van der Waals surface area (Å²) in [5, 5.41) is 0. The average Bonchev–Trinajstić information content (AvgIpc) is 2.75. The van der Waals surface area contributed by atoms with Crippen molar-refractivity contribution in [1.29, 1.82) is 0 Å². The molecule has 0 radical (unpaired) electrons. The van der Waals surface area contributed by atoms with Crippen molar-refractivity contribution in [3.63, 3.8) is 0 Å². The van der Waals surface area contributed by atoms with E-state index in [0.29, 0.717) is 35.7 Å². The topological polar surface area (TPSA) is 52.6 Å². The van der Waals surface area contributed by atoms with Gasteiger partial charge in [-0.25, -0.2) is 9.97 Å². The van der Waals surface area contributed by atoms with Gasteiger partial charge in [0.15, 0.2) is 0 Å². The highest BCUT2D eigenvalue weighted by atomic mass is 16.1. The molecule has 1 aliphatic heterocycles. The van der Waals surface area contributed by atoms with E-state index < -0.39 is 0 Å². The van der Waals surface area contributed by atoms with E-state index in [0.717, 1.165) is 44.8 Å². The first-order valence-corrected chi connectivity index (χ1v) is 12.8. The molecule has 6 nitrogen and oxygen atoms in total. The van der Waals surface area contributed by atoms with Gasteiger partial charge < -0.3 is 19.5 Å². The van der Waals surface area contributed by atoms with Gasteiger partial charge in [0.05, 0.1) is 0 Å². The molecule has 0 amide bonds. The monoisotopic (exact) mass is 443 g/mol. The number of hydrogen-bond acceptors (Lipinski definition) is 6. The molecule has 2 heterocycles. The zero-order valence-corrected chi connectivity index (χ0v) is 21.3. The first kappa shape index (κ1) is 25.1. The van der Waals surface area contributed by atoms with Crippen LogP contribution in [-0.4, -0.2) is 77.4 Å². The third kappa shape index (κ3) is 6.50. The number of carbonyl (C=O) groups is 1. The van der Waals surface area contributed by atoms with Crippen LogP contribution in [0.5, 0.6) is 0 Å². The predicted octanol–water partition coefficient (Wildman–Crippen LogP) is 4.36. The number of rotatable bonds is 11. The minimum atomic E-state index is 0.342. The van der Waals surface area contributed by atoms with Crippen LogP contribution in [0.1, 0.15) is 84.1 Å². The number of ketones is 1. The van der Waals surface area contributed by atoms with Gasteiger partial charge in [-0.1, -0.05) is 13.3 Å². The molecule has 2 fully saturated rings. The minimum absolute atomic E-state index is 0.342. The normalized spacial score (nSPS) is 23.4. The van der Waals surface area contributed by atoms with E-state index in [1.54, 1.807) is 6.92 Å². The number of piperidine rings is 1. The van der Waals surface area contributed by atoms with Crippen molar-refractivity contribution < 1.29 is 4.79 Å². The largest absolute Gasteiger partial charge is 0.340 e. The maximum atomic E-state index is 11.3. The number of carbonyl (C=O) groups excluding carboxylic acids is 1. The summed E-state index contributed by atoms with van der Waals surface area (Å²) in [7, 11) is 4.34. The van der Waals surface area contributed by atoms with E-state index in [2.05, 4.69) is 62.0 Å². The standard InChI is InChI=1S/C26H45N5O/c1-7-8-24(18-29(5)19(2)3)30(6)26-27-16-23(17-28-26)22-9-11-31(12-10-22)25-14-21(15-25)13-20(4)32/h16-17,19,21-22,24-25H,7-15,18H2,1-6H3. The van der Waals surface area contributed by atoms with Crippen molar-refractivity contribution in [2.24, 2.45) is 5.92 Å². The molecule has 1 aromatic rings. The molecule has 0 N–H and O–H groups in total. The lowest BCUT2D eigenvalue weighted by atomic mass is 9.75. The third-order valence-corrected chi connectivity index (χ3v) is 7.83. The van der Waals surface area contributed by atoms with Crippen LogP contribution in [0.15, 0.2) is 12.4 Å². The molecule has 1 aromatic heterocycles. The van der Waals surface area contributed by atoms with Crippen molar-refractivity contribution >= 4 is 11.7 Å². The molecule has 1 aliphatic carbocycles. The van der Waals surface area contributed by atoms with Crippen molar-refractivity contribution in [2.45, 2.75) is 96.7 Å². The Hall–Kier alpha value is -1.53. The maximum Gasteiger partial charge on any atom is 0.225 e. The van der Waals surface area contributed by atoms with Crippen LogP contribution in [0.3, 0.4) is 0 Å². The Morgan fingerprint density at radius 3 is 2.31 bits per heavy atom. The molecule has 1 saturated carbocycles. The summed E-state index contributed by atoms with van der Waals surface area (Å²) < 4.78 is 0. The molecule has 180 valence electrons. The van der Waals surface area contributed by atoms with Gasteiger partial charge in [-0.15, -0.1) is 0 Å². The molecule has 1 saturated heterocycles. The molecule has 0 aromatic carbocycles. The van der Waals surface area contributed by atoms with E-state index in [-0.39, 0.29) is 0 Å². The van der Waals surface area contributed by atoms with E-state index >= 15 is 0 Å². The number of nitrogens with zero attached hydrogens (tertiary/aromatic N) is 5. The zero-order valence-electron chi connectivity index (χ0n) is 21.3. The quantitative estimate of drug-likeness (QED) is 0.507. The van der Waals surface area contributed by atoms with E-state index in [9.17, 15) is 4.79 Å². The number of hydrogen-bond donors (Lipinski definition) is 0. The first-order chi connectivity index (χ1) is 15.3. The molecule has 0 bridgehead atoms.